The number of nitrogens with zero attached hydrogens (tertiary/aromatic N) is 6. The molecule has 3 aromatic heterocycles. The van der Waals surface area contributed by atoms with E-state index in [0.717, 1.165) is 47.6 Å². The fourth-order valence-corrected chi connectivity index (χ4v) is 4.74. The van der Waals surface area contributed by atoms with Gasteiger partial charge in [0.25, 0.3) is 0 Å². The molecule has 0 saturated carbocycles. The van der Waals surface area contributed by atoms with Crippen LogP contribution in [0.3, 0.4) is 0 Å². The molecular weight excluding hydrogens is 392 g/mol. The number of amides is 2. The average molecular weight is 419 g/mol. The smallest absolute Gasteiger partial charge is 0.232 e. The number of carbonyl (C=O) groups excluding carboxylic acids is 2. The molecule has 1 saturated heterocycles. The molecule has 31 heavy (non-hydrogen) atoms. The lowest BCUT2D eigenvalue weighted by Gasteiger charge is -2.35. The van der Waals surface area contributed by atoms with Gasteiger partial charge in [-0.25, -0.2) is 15.0 Å². The van der Waals surface area contributed by atoms with Crippen molar-refractivity contribution in [3.05, 3.63) is 52.9 Å². The zero-order valence-electron chi connectivity index (χ0n) is 18.1. The molecule has 1 fully saturated rings. The lowest BCUT2D eigenvalue weighted by molar-refractivity contribution is -0.134. The summed E-state index contributed by atoms with van der Waals surface area (Å²) >= 11 is 0. The number of carbonyl (C=O) groups is 2. The predicted octanol–water partition coefficient (Wildman–Crippen LogP) is 2.56. The molecule has 8 heteroatoms. The molecule has 0 unspecified atom stereocenters. The quantitative estimate of drug-likeness (QED) is 0.653. The number of likely N-dealkylation sites (N-methyl/N-ethyl adjacent to an activating group) is 1. The van der Waals surface area contributed by atoms with Crippen LogP contribution in [0.15, 0.2) is 24.4 Å². The Morgan fingerprint density at radius 1 is 1.13 bits per heavy atom. The van der Waals surface area contributed by atoms with Gasteiger partial charge in [-0.05, 0) is 45.2 Å². The molecule has 2 aliphatic rings. The largest absolute Gasteiger partial charge is 0.332 e. The molecule has 0 aromatic carbocycles. The zero-order valence-corrected chi connectivity index (χ0v) is 18.1. The third kappa shape index (κ3) is 3.26. The Morgan fingerprint density at radius 2 is 1.97 bits per heavy atom. The lowest BCUT2D eigenvalue weighted by atomic mass is 10.00. The Morgan fingerprint density at radius 3 is 2.81 bits per heavy atom. The number of pyridine rings is 1. The van der Waals surface area contributed by atoms with Crippen LogP contribution in [-0.2, 0) is 22.4 Å². The number of piperidine rings is 1. The summed E-state index contributed by atoms with van der Waals surface area (Å²) in [6.07, 6.45) is 5.40. The van der Waals surface area contributed by atoms with Crippen molar-refractivity contribution in [3.63, 3.8) is 0 Å². The van der Waals surface area contributed by atoms with Crippen molar-refractivity contribution >= 4 is 23.3 Å². The predicted molar refractivity (Wildman–Crippen MR) is 116 cm³/mol. The van der Waals surface area contributed by atoms with Crippen LogP contribution in [0, 0.1) is 13.8 Å². The van der Waals surface area contributed by atoms with Gasteiger partial charge in [-0.2, -0.15) is 0 Å². The first-order valence-electron chi connectivity index (χ1n) is 10.8. The van der Waals surface area contributed by atoms with Gasteiger partial charge >= 0.3 is 0 Å². The number of fused-ring (bicyclic) bond motifs is 2. The van der Waals surface area contributed by atoms with E-state index in [9.17, 15) is 9.59 Å². The highest BCUT2D eigenvalue weighted by Gasteiger charge is 2.34. The van der Waals surface area contributed by atoms with Crippen molar-refractivity contribution in [2.45, 2.75) is 52.0 Å². The van der Waals surface area contributed by atoms with Gasteiger partial charge in [0.1, 0.15) is 11.5 Å². The van der Waals surface area contributed by atoms with E-state index in [4.69, 9.17) is 9.97 Å². The summed E-state index contributed by atoms with van der Waals surface area (Å²) in [4.78, 5) is 43.2. The SMILES string of the molecule is Cc1nc([C@@H]2CCCCN2C(=O)Cc2c(C)nc3ccccn23)nc2c1CC(=O)N2C. The maximum atomic E-state index is 13.4. The van der Waals surface area contributed by atoms with E-state index in [0.29, 0.717) is 24.6 Å². The van der Waals surface area contributed by atoms with Gasteiger partial charge < -0.3 is 9.30 Å². The summed E-state index contributed by atoms with van der Waals surface area (Å²) < 4.78 is 1.99. The number of hydrogen-bond acceptors (Lipinski definition) is 5. The van der Waals surface area contributed by atoms with E-state index in [2.05, 4.69) is 4.98 Å². The van der Waals surface area contributed by atoms with E-state index in [1.807, 2.05) is 47.5 Å². The number of aromatic nitrogens is 4. The first kappa shape index (κ1) is 19.7. The highest BCUT2D eigenvalue weighted by Crippen LogP contribution is 2.34. The highest BCUT2D eigenvalue weighted by molar-refractivity contribution is 6.00. The van der Waals surface area contributed by atoms with Gasteiger partial charge in [0, 0.05) is 31.0 Å². The van der Waals surface area contributed by atoms with Crippen molar-refractivity contribution in [3.8, 4) is 0 Å². The van der Waals surface area contributed by atoms with Gasteiger partial charge in [0.15, 0.2) is 5.82 Å². The zero-order chi connectivity index (χ0) is 21.7. The summed E-state index contributed by atoms with van der Waals surface area (Å²) in [5, 5.41) is 0. The second-order valence-electron chi connectivity index (χ2n) is 8.45. The Labute approximate surface area is 180 Å². The van der Waals surface area contributed by atoms with E-state index in [-0.39, 0.29) is 24.3 Å². The van der Waals surface area contributed by atoms with Crippen LogP contribution >= 0.6 is 0 Å². The Balaban J connectivity index is 1.46. The minimum Gasteiger partial charge on any atom is -0.332 e. The van der Waals surface area contributed by atoms with Gasteiger partial charge in [0.2, 0.25) is 11.8 Å². The summed E-state index contributed by atoms with van der Waals surface area (Å²) in [5.41, 5.74) is 4.36. The molecule has 0 N–H and O–H groups in total. The first-order valence-corrected chi connectivity index (χ1v) is 10.8. The first-order chi connectivity index (χ1) is 14.9. The van der Waals surface area contributed by atoms with Gasteiger partial charge in [0.05, 0.1) is 30.3 Å². The summed E-state index contributed by atoms with van der Waals surface area (Å²) in [6.45, 7) is 4.56. The third-order valence-corrected chi connectivity index (χ3v) is 6.50. The maximum absolute atomic E-state index is 13.4. The second kappa shape index (κ2) is 7.44. The van der Waals surface area contributed by atoms with Crippen LogP contribution in [0.1, 0.15) is 53.8 Å². The van der Waals surface area contributed by atoms with Crippen molar-refractivity contribution in [2.75, 3.05) is 18.5 Å². The van der Waals surface area contributed by atoms with Gasteiger partial charge in [-0.15, -0.1) is 0 Å². The van der Waals surface area contributed by atoms with Crippen molar-refractivity contribution in [1.82, 2.24) is 24.3 Å². The lowest BCUT2D eigenvalue weighted by Crippen LogP contribution is -2.40. The van der Waals surface area contributed by atoms with E-state index >= 15 is 0 Å². The van der Waals surface area contributed by atoms with Crippen molar-refractivity contribution in [2.24, 2.45) is 0 Å². The second-order valence-corrected chi connectivity index (χ2v) is 8.45. The van der Waals surface area contributed by atoms with Crippen LogP contribution in [-0.4, -0.2) is 49.7 Å². The minimum absolute atomic E-state index is 0.0317. The number of anilines is 1. The van der Waals surface area contributed by atoms with Crippen LogP contribution in [0.25, 0.3) is 5.65 Å². The molecule has 0 bridgehead atoms. The molecule has 2 amide bonds. The van der Waals surface area contributed by atoms with E-state index in [1.54, 1.807) is 11.9 Å². The van der Waals surface area contributed by atoms with Crippen molar-refractivity contribution in [1.29, 1.82) is 0 Å². The summed E-state index contributed by atoms with van der Waals surface area (Å²) in [5.74, 6) is 1.41. The molecule has 0 aliphatic carbocycles. The van der Waals surface area contributed by atoms with E-state index in [1.165, 1.54) is 0 Å². The Kier molecular flexibility index (Phi) is 4.72. The number of hydrogen-bond donors (Lipinski definition) is 0. The number of likely N-dealkylation sites (tertiary alicyclic amines) is 1. The molecule has 2 aliphatic heterocycles. The normalized spacial score (nSPS) is 18.7. The maximum Gasteiger partial charge on any atom is 0.232 e. The molecule has 5 heterocycles. The Hall–Kier alpha value is -3.29. The van der Waals surface area contributed by atoms with Crippen LogP contribution in [0.5, 0.6) is 0 Å². The third-order valence-electron chi connectivity index (χ3n) is 6.50. The van der Waals surface area contributed by atoms with Gasteiger partial charge in [-0.1, -0.05) is 6.07 Å². The molecule has 0 spiro atoms. The average Bonchev–Trinajstić information content (AvgIpc) is 3.24. The molecule has 160 valence electrons. The topological polar surface area (TPSA) is 83.7 Å². The van der Waals surface area contributed by atoms with Crippen LogP contribution in [0.4, 0.5) is 5.82 Å². The fourth-order valence-electron chi connectivity index (χ4n) is 4.74. The number of imidazole rings is 1. The molecule has 0 radical (unpaired) electrons. The van der Waals surface area contributed by atoms with E-state index < -0.39 is 0 Å². The fraction of sp³-hybridized carbons (Fsp3) is 0.435. The summed E-state index contributed by atoms with van der Waals surface area (Å²) in [7, 11) is 1.75. The van der Waals surface area contributed by atoms with Crippen molar-refractivity contribution < 1.29 is 9.59 Å². The Bertz CT molecular complexity index is 1200. The molecule has 1 atom stereocenters. The molecule has 5 rings (SSSR count). The molecule has 8 nitrogen and oxygen atoms in total. The van der Waals surface area contributed by atoms with Gasteiger partial charge in [-0.3, -0.25) is 14.5 Å². The summed E-state index contributed by atoms with van der Waals surface area (Å²) in [6, 6.07) is 5.67. The number of aryl methyl sites for hydroxylation is 2. The number of rotatable bonds is 3. The highest BCUT2D eigenvalue weighted by atomic mass is 16.2. The monoisotopic (exact) mass is 418 g/mol. The minimum atomic E-state index is -0.172. The molecule has 3 aromatic rings. The standard InChI is InChI=1S/C23H26N6O2/c1-14-16-12-20(30)27(3)23(16)26-22(25-14)17-8-4-6-11-29(17)21(31)13-18-15(2)24-19-9-5-7-10-28(18)19/h5,7,9-10,17H,4,6,8,11-13H2,1-3H3/t17-/m0/s1. The van der Waals surface area contributed by atoms with Crippen LogP contribution < -0.4 is 4.90 Å². The molecular formula is C23H26N6O2. The van der Waals surface area contributed by atoms with Crippen LogP contribution in [0.2, 0.25) is 0 Å².